The molecule has 7 nitrogen and oxygen atoms in total. The van der Waals surface area contributed by atoms with E-state index in [4.69, 9.17) is 15.7 Å². The van der Waals surface area contributed by atoms with E-state index < -0.39 is 48.0 Å². The number of hydrogen-bond donors (Lipinski definition) is 2. The number of rotatable bonds is 3. The van der Waals surface area contributed by atoms with Gasteiger partial charge in [-0.25, -0.2) is 23.1 Å². The molecule has 1 aromatic carbocycles. The van der Waals surface area contributed by atoms with Gasteiger partial charge < -0.3 is 15.8 Å². The Bertz CT molecular complexity index is 1110. The lowest BCUT2D eigenvalue weighted by Crippen LogP contribution is -2.45. The summed E-state index contributed by atoms with van der Waals surface area (Å²) in [6, 6.07) is 8.28. The lowest BCUT2D eigenvalue weighted by atomic mass is 9.76. The number of nitrogens with two attached hydrogens (primary N) is 1. The van der Waals surface area contributed by atoms with Crippen LogP contribution >= 0.6 is 0 Å². The Balaban J connectivity index is 1.66. The highest BCUT2D eigenvalue weighted by molar-refractivity contribution is 6.02. The number of ether oxygens (including phenoxy) is 1. The number of hydrogen-bond acceptors (Lipinski definition) is 6. The van der Waals surface area contributed by atoms with Crippen molar-refractivity contribution in [1.29, 1.82) is 5.26 Å². The summed E-state index contributed by atoms with van der Waals surface area (Å²) in [7, 11) is 0. The first-order chi connectivity index (χ1) is 14.6. The smallest absolute Gasteiger partial charge is 0.283 e. The molecule has 3 atom stereocenters. The van der Waals surface area contributed by atoms with E-state index in [0.29, 0.717) is 5.56 Å². The summed E-state index contributed by atoms with van der Waals surface area (Å²) in [6.45, 7) is 1.54. The molecule has 1 aliphatic carbocycles. The van der Waals surface area contributed by atoms with Crippen LogP contribution in [0.25, 0.3) is 0 Å². The SMILES string of the molecule is C[C@]1(c2cc(NC(=O)c3ccc(C#N)cn3)ccc2F)N=C(N)O[C@@H]2CC(F)(F)C[C@@H]21. The Labute approximate surface area is 175 Å². The number of anilines is 1. The minimum absolute atomic E-state index is 0.0250. The van der Waals surface area contributed by atoms with Gasteiger partial charge in [-0.2, -0.15) is 5.26 Å². The molecule has 1 fully saturated rings. The van der Waals surface area contributed by atoms with Gasteiger partial charge in [-0.05, 0) is 37.3 Å². The summed E-state index contributed by atoms with van der Waals surface area (Å²) in [6.07, 6.45) is -0.674. The molecule has 1 amide bonds. The molecule has 160 valence electrons. The Morgan fingerprint density at radius 3 is 2.77 bits per heavy atom. The van der Waals surface area contributed by atoms with Gasteiger partial charge in [0.2, 0.25) is 0 Å². The molecule has 0 spiro atoms. The third kappa shape index (κ3) is 3.79. The quantitative estimate of drug-likeness (QED) is 0.777. The average Bonchev–Trinajstić information content (AvgIpc) is 3.04. The number of aliphatic imine (C=N–C) groups is 1. The minimum atomic E-state index is -2.97. The Hall–Kier alpha value is -3.61. The first kappa shape index (κ1) is 20.7. The zero-order valence-corrected chi connectivity index (χ0v) is 16.4. The topological polar surface area (TPSA) is 113 Å². The highest BCUT2D eigenvalue weighted by Crippen LogP contribution is 2.52. The van der Waals surface area contributed by atoms with E-state index in [0.717, 1.165) is 6.07 Å². The van der Waals surface area contributed by atoms with Crippen molar-refractivity contribution in [2.75, 3.05) is 5.32 Å². The van der Waals surface area contributed by atoms with Gasteiger partial charge >= 0.3 is 0 Å². The van der Waals surface area contributed by atoms with Crippen LogP contribution in [-0.2, 0) is 10.3 Å². The van der Waals surface area contributed by atoms with Gasteiger partial charge in [0.1, 0.15) is 23.7 Å². The van der Waals surface area contributed by atoms with E-state index in [2.05, 4.69) is 15.3 Å². The Morgan fingerprint density at radius 1 is 1.32 bits per heavy atom. The Morgan fingerprint density at radius 2 is 2.10 bits per heavy atom. The van der Waals surface area contributed by atoms with Gasteiger partial charge in [-0.3, -0.25) is 4.79 Å². The first-order valence-corrected chi connectivity index (χ1v) is 9.49. The fraction of sp³-hybridized carbons (Fsp3) is 0.333. The van der Waals surface area contributed by atoms with Crippen LogP contribution < -0.4 is 11.1 Å². The summed E-state index contributed by atoms with van der Waals surface area (Å²) in [5, 5.41) is 11.4. The number of fused-ring (bicyclic) bond motifs is 1. The van der Waals surface area contributed by atoms with Crippen molar-refractivity contribution in [1.82, 2.24) is 4.98 Å². The molecular weight excluding hydrogens is 411 g/mol. The van der Waals surface area contributed by atoms with Crippen LogP contribution in [0.2, 0.25) is 0 Å². The highest BCUT2D eigenvalue weighted by atomic mass is 19.3. The molecule has 0 bridgehead atoms. The molecule has 3 N–H and O–H groups in total. The molecule has 1 saturated carbocycles. The number of aromatic nitrogens is 1. The van der Waals surface area contributed by atoms with Crippen molar-refractivity contribution in [2.45, 2.75) is 37.3 Å². The molecule has 0 saturated heterocycles. The van der Waals surface area contributed by atoms with Gasteiger partial charge in [-0.15, -0.1) is 0 Å². The number of amides is 1. The maximum Gasteiger partial charge on any atom is 0.283 e. The highest BCUT2D eigenvalue weighted by Gasteiger charge is 2.58. The summed E-state index contributed by atoms with van der Waals surface area (Å²) in [5.74, 6) is -5.01. The maximum absolute atomic E-state index is 14.8. The summed E-state index contributed by atoms with van der Waals surface area (Å²) in [5.41, 5.74) is 4.93. The zero-order valence-electron chi connectivity index (χ0n) is 16.4. The van der Waals surface area contributed by atoms with Crippen LogP contribution in [0.5, 0.6) is 0 Å². The summed E-state index contributed by atoms with van der Waals surface area (Å²) in [4.78, 5) is 20.6. The third-order valence-corrected chi connectivity index (χ3v) is 5.70. The fourth-order valence-electron chi connectivity index (χ4n) is 4.19. The van der Waals surface area contributed by atoms with Crippen LogP contribution in [0, 0.1) is 23.1 Å². The van der Waals surface area contributed by atoms with Crippen LogP contribution in [0.3, 0.4) is 0 Å². The van der Waals surface area contributed by atoms with Crippen molar-refractivity contribution in [3.8, 4) is 6.07 Å². The number of benzene rings is 1. The minimum Gasteiger partial charge on any atom is -0.461 e. The molecule has 0 radical (unpaired) electrons. The lowest BCUT2D eigenvalue weighted by molar-refractivity contribution is -0.00277. The molecule has 2 aromatic rings. The van der Waals surface area contributed by atoms with Crippen LogP contribution in [0.15, 0.2) is 41.5 Å². The van der Waals surface area contributed by atoms with Gasteiger partial charge in [-0.1, -0.05) is 0 Å². The van der Waals surface area contributed by atoms with Crippen LogP contribution in [0.1, 0.15) is 41.4 Å². The number of nitrogens with zero attached hydrogens (tertiary/aromatic N) is 3. The van der Waals surface area contributed by atoms with Gasteiger partial charge in [0.25, 0.3) is 17.9 Å². The molecule has 10 heteroatoms. The fourth-order valence-corrected chi connectivity index (χ4v) is 4.19. The number of halogens is 3. The van der Waals surface area contributed by atoms with Crippen LogP contribution in [-0.4, -0.2) is 28.9 Å². The first-order valence-electron chi connectivity index (χ1n) is 9.49. The second-order valence-electron chi connectivity index (χ2n) is 7.82. The molecule has 4 rings (SSSR count). The molecule has 31 heavy (non-hydrogen) atoms. The molecule has 1 aliphatic heterocycles. The predicted molar refractivity (Wildman–Crippen MR) is 105 cm³/mol. The van der Waals surface area contributed by atoms with Gasteiger partial charge in [0.15, 0.2) is 0 Å². The zero-order chi connectivity index (χ0) is 22.4. The summed E-state index contributed by atoms with van der Waals surface area (Å²) < 4.78 is 48.3. The van der Waals surface area contributed by atoms with Crippen molar-refractivity contribution in [2.24, 2.45) is 16.6 Å². The van der Waals surface area contributed by atoms with E-state index in [1.54, 1.807) is 0 Å². The van der Waals surface area contributed by atoms with Crippen molar-refractivity contribution in [3.05, 3.63) is 59.2 Å². The van der Waals surface area contributed by atoms with Crippen molar-refractivity contribution in [3.63, 3.8) is 0 Å². The molecule has 0 unspecified atom stereocenters. The third-order valence-electron chi connectivity index (χ3n) is 5.70. The second-order valence-corrected chi connectivity index (χ2v) is 7.82. The normalized spacial score (nSPS) is 26.2. The Kier molecular flexibility index (Phi) is 4.84. The predicted octanol–water partition coefficient (Wildman–Crippen LogP) is 3.32. The maximum atomic E-state index is 14.8. The molecule has 2 aliphatic rings. The largest absolute Gasteiger partial charge is 0.461 e. The van der Waals surface area contributed by atoms with E-state index in [1.165, 1.54) is 37.4 Å². The van der Waals surface area contributed by atoms with E-state index >= 15 is 0 Å². The molecular formula is C21H18F3N5O2. The van der Waals surface area contributed by atoms with Gasteiger partial charge in [0.05, 0.1) is 11.1 Å². The molecule has 1 aromatic heterocycles. The van der Waals surface area contributed by atoms with E-state index in [9.17, 15) is 18.0 Å². The monoisotopic (exact) mass is 429 g/mol. The molecule has 2 heterocycles. The average molecular weight is 429 g/mol. The van der Waals surface area contributed by atoms with Crippen molar-refractivity contribution >= 4 is 17.6 Å². The number of amidine groups is 1. The van der Waals surface area contributed by atoms with E-state index in [-0.39, 0.29) is 23.0 Å². The number of nitrogens with one attached hydrogen (secondary N) is 1. The standard InChI is InChI=1S/C21H18F3N5O2/c1-20(14-7-21(23,24)8-17(14)31-19(26)29-20)13-6-12(3-4-15(13)22)28-18(30)16-5-2-11(9-25)10-27-16/h2-6,10,14,17H,7-8H2,1H3,(H2,26,29)(H,28,30)/t14-,17+,20+/m0/s1. The van der Waals surface area contributed by atoms with E-state index in [1.807, 2.05) is 6.07 Å². The summed E-state index contributed by atoms with van der Waals surface area (Å²) >= 11 is 0. The lowest BCUT2D eigenvalue weighted by Gasteiger charge is -2.39. The second kappa shape index (κ2) is 7.27. The number of alkyl halides is 2. The number of carbonyl (C=O) groups excluding carboxylic acids is 1. The van der Waals surface area contributed by atoms with Crippen molar-refractivity contribution < 1.29 is 22.7 Å². The number of nitriles is 1. The van der Waals surface area contributed by atoms with Gasteiger partial charge in [0, 0.05) is 36.2 Å². The number of pyridine rings is 1. The van der Waals surface area contributed by atoms with Crippen LogP contribution in [0.4, 0.5) is 18.9 Å². The number of carbonyl (C=O) groups is 1.